The van der Waals surface area contributed by atoms with E-state index in [2.05, 4.69) is 57.3 Å². The standard InChI is InChI=1S/C21H27NO/c1-15(2)21(16(3)4)22-20(23)14-17-10-12-19(13-11-17)18-8-6-5-7-9-18/h5-13,15-16,21H,14H2,1-4H3,(H,22,23). The molecule has 0 atom stereocenters. The normalized spacial score (nSPS) is 11.3. The van der Waals surface area contributed by atoms with Crippen LogP contribution in [0.1, 0.15) is 33.3 Å². The summed E-state index contributed by atoms with van der Waals surface area (Å²) in [4.78, 5) is 12.3. The molecule has 1 N–H and O–H groups in total. The first-order valence-corrected chi connectivity index (χ1v) is 8.41. The summed E-state index contributed by atoms with van der Waals surface area (Å²) in [6.07, 6.45) is 0.436. The van der Waals surface area contributed by atoms with E-state index in [1.807, 2.05) is 30.3 Å². The summed E-state index contributed by atoms with van der Waals surface area (Å²) < 4.78 is 0. The van der Waals surface area contributed by atoms with Crippen LogP contribution in [-0.2, 0) is 11.2 Å². The van der Waals surface area contributed by atoms with Gasteiger partial charge in [-0.25, -0.2) is 0 Å². The fraction of sp³-hybridized carbons (Fsp3) is 0.381. The molecule has 1 amide bonds. The molecule has 0 aliphatic rings. The molecule has 2 aromatic rings. The Balaban J connectivity index is 1.99. The lowest BCUT2D eigenvalue weighted by Crippen LogP contribution is -2.42. The first-order valence-electron chi connectivity index (χ1n) is 8.41. The topological polar surface area (TPSA) is 29.1 Å². The molecule has 0 saturated heterocycles. The van der Waals surface area contributed by atoms with Crippen molar-refractivity contribution in [2.45, 2.75) is 40.2 Å². The molecular formula is C21H27NO. The summed E-state index contributed by atoms with van der Waals surface area (Å²) in [5.41, 5.74) is 3.42. The van der Waals surface area contributed by atoms with Crippen LogP contribution < -0.4 is 5.32 Å². The van der Waals surface area contributed by atoms with Gasteiger partial charge < -0.3 is 5.32 Å². The fourth-order valence-electron chi connectivity index (χ4n) is 2.97. The molecule has 0 aliphatic carbocycles. The van der Waals surface area contributed by atoms with Crippen molar-refractivity contribution in [2.75, 3.05) is 0 Å². The Kier molecular flexibility index (Phi) is 5.97. The molecule has 2 aromatic carbocycles. The molecule has 0 bridgehead atoms. The third-order valence-corrected chi connectivity index (χ3v) is 4.19. The van der Waals surface area contributed by atoms with Crippen LogP contribution >= 0.6 is 0 Å². The number of rotatable bonds is 6. The Labute approximate surface area is 139 Å². The minimum Gasteiger partial charge on any atom is -0.353 e. The predicted octanol–water partition coefficient (Wildman–Crippen LogP) is 4.69. The van der Waals surface area contributed by atoms with E-state index in [-0.39, 0.29) is 11.9 Å². The van der Waals surface area contributed by atoms with E-state index < -0.39 is 0 Å². The van der Waals surface area contributed by atoms with Crippen molar-refractivity contribution in [3.63, 3.8) is 0 Å². The van der Waals surface area contributed by atoms with E-state index in [9.17, 15) is 4.79 Å². The summed E-state index contributed by atoms with van der Waals surface area (Å²) in [5, 5.41) is 3.17. The van der Waals surface area contributed by atoms with Gasteiger partial charge in [0, 0.05) is 6.04 Å². The van der Waals surface area contributed by atoms with E-state index in [0.717, 1.165) is 5.56 Å². The summed E-state index contributed by atoms with van der Waals surface area (Å²) in [6, 6.07) is 18.8. The third-order valence-electron chi connectivity index (χ3n) is 4.19. The Morgan fingerprint density at radius 2 is 1.35 bits per heavy atom. The molecule has 0 fully saturated rings. The average molecular weight is 309 g/mol. The van der Waals surface area contributed by atoms with Crippen LogP contribution in [-0.4, -0.2) is 11.9 Å². The van der Waals surface area contributed by atoms with Crippen molar-refractivity contribution in [3.8, 4) is 11.1 Å². The minimum absolute atomic E-state index is 0.102. The molecule has 0 saturated carbocycles. The number of nitrogens with one attached hydrogen (secondary N) is 1. The first kappa shape index (κ1) is 17.3. The number of carbonyl (C=O) groups is 1. The largest absolute Gasteiger partial charge is 0.353 e. The molecule has 0 radical (unpaired) electrons. The van der Waals surface area contributed by atoms with Crippen molar-refractivity contribution in [1.82, 2.24) is 5.32 Å². The van der Waals surface area contributed by atoms with Gasteiger partial charge in [-0.2, -0.15) is 0 Å². The second kappa shape index (κ2) is 7.96. The van der Waals surface area contributed by atoms with Gasteiger partial charge in [-0.1, -0.05) is 82.3 Å². The molecule has 2 heteroatoms. The predicted molar refractivity (Wildman–Crippen MR) is 97.2 cm³/mol. The lowest BCUT2D eigenvalue weighted by molar-refractivity contribution is -0.121. The van der Waals surface area contributed by atoms with Gasteiger partial charge in [-0.15, -0.1) is 0 Å². The summed E-state index contributed by atoms with van der Waals surface area (Å²) in [6.45, 7) is 8.61. The summed E-state index contributed by atoms with van der Waals surface area (Å²) >= 11 is 0. The Bertz CT molecular complexity index is 606. The van der Waals surface area contributed by atoms with Gasteiger partial charge in [-0.05, 0) is 28.5 Å². The van der Waals surface area contributed by atoms with E-state index in [1.165, 1.54) is 11.1 Å². The third kappa shape index (κ3) is 4.95. The van der Waals surface area contributed by atoms with Crippen LogP contribution in [0, 0.1) is 11.8 Å². The highest BCUT2D eigenvalue weighted by molar-refractivity contribution is 5.79. The van der Waals surface area contributed by atoms with Crippen molar-refractivity contribution >= 4 is 5.91 Å². The minimum atomic E-state index is 0.102. The number of amides is 1. The number of hydrogen-bond donors (Lipinski definition) is 1. The van der Waals surface area contributed by atoms with Crippen LogP contribution in [0.25, 0.3) is 11.1 Å². The zero-order valence-corrected chi connectivity index (χ0v) is 14.5. The highest BCUT2D eigenvalue weighted by atomic mass is 16.1. The van der Waals surface area contributed by atoms with Crippen molar-refractivity contribution < 1.29 is 4.79 Å². The van der Waals surface area contributed by atoms with Crippen LogP contribution in [0.15, 0.2) is 54.6 Å². The quantitative estimate of drug-likeness (QED) is 0.824. The van der Waals surface area contributed by atoms with Gasteiger partial charge in [0.25, 0.3) is 0 Å². The van der Waals surface area contributed by atoms with E-state index >= 15 is 0 Å². The first-order chi connectivity index (χ1) is 11.0. The van der Waals surface area contributed by atoms with Gasteiger partial charge in [0.05, 0.1) is 6.42 Å². The van der Waals surface area contributed by atoms with Crippen LogP contribution in [0.4, 0.5) is 0 Å². The molecule has 0 unspecified atom stereocenters. The lowest BCUT2D eigenvalue weighted by atomic mass is 9.93. The monoisotopic (exact) mass is 309 g/mol. The van der Waals surface area contributed by atoms with E-state index in [0.29, 0.717) is 18.3 Å². The lowest BCUT2D eigenvalue weighted by Gasteiger charge is -2.26. The maximum Gasteiger partial charge on any atom is 0.224 e. The molecule has 0 aliphatic heterocycles. The SMILES string of the molecule is CC(C)C(NC(=O)Cc1ccc(-c2ccccc2)cc1)C(C)C. The van der Waals surface area contributed by atoms with Gasteiger partial charge in [0.1, 0.15) is 0 Å². The molecule has 0 heterocycles. The van der Waals surface area contributed by atoms with Crippen LogP contribution in [0.5, 0.6) is 0 Å². The number of hydrogen-bond acceptors (Lipinski definition) is 1. The van der Waals surface area contributed by atoms with Crippen LogP contribution in [0.3, 0.4) is 0 Å². The molecule has 0 spiro atoms. The number of benzene rings is 2. The molecular weight excluding hydrogens is 282 g/mol. The average Bonchev–Trinajstić information content (AvgIpc) is 2.53. The Morgan fingerprint density at radius 1 is 0.826 bits per heavy atom. The maximum absolute atomic E-state index is 12.3. The van der Waals surface area contributed by atoms with Gasteiger partial charge in [0.15, 0.2) is 0 Å². The molecule has 23 heavy (non-hydrogen) atoms. The second-order valence-electron chi connectivity index (χ2n) is 6.82. The van der Waals surface area contributed by atoms with Gasteiger partial charge in [0.2, 0.25) is 5.91 Å². The van der Waals surface area contributed by atoms with Crippen molar-refractivity contribution in [1.29, 1.82) is 0 Å². The van der Waals surface area contributed by atoms with E-state index in [4.69, 9.17) is 0 Å². The van der Waals surface area contributed by atoms with Gasteiger partial charge >= 0.3 is 0 Å². The van der Waals surface area contributed by atoms with Gasteiger partial charge in [-0.3, -0.25) is 4.79 Å². The van der Waals surface area contributed by atoms with E-state index in [1.54, 1.807) is 0 Å². The Hall–Kier alpha value is -2.09. The van der Waals surface area contributed by atoms with Crippen molar-refractivity contribution in [2.24, 2.45) is 11.8 Å². The molecule has 122 valence electrons. The molecule has 2 rings (SSSR count). The van der Waals surface area contributed by atoms with Crippen LogP contribution in [0.2, 0.25) is 0 Å². The van der Waals surface area contributed by atoms with Crippen molar-refractivity contribution in [3.05, 3.63) is 60.2 Å². The maximum atomic E-state index is 12.3. The second-order valence-corrected chi connectivity index (χ2v) is 6.82. The smallest absolute Gasteiger partial charge is 0.224 e. The number of carbonyl (C=O) groups excluding carboxylic acids is 1. The molecule has 0 aromatic heterocycles. The fourth-order valence-corrected chi connectivity index (χ4v) is 2.97. The Morgan fingerprint density at radius 3 is 1.87 bits per heavy atom. The summed E-state index contributed by atoms with van der Waals surface area (Å²) in [5.74, 6) is 0.990. The highest BCUT2D eigenvalue weighted by Gasteiger charge is 2.19. The zero-order valence-electron chi connectivity index (χ0n) is 14.5. The highest BCUT2D eigenvalue weighted by Crippen LogP contribution is 2.19. The molecule has 2 nitrogen and oxygen atoms in total. The summed E-state index contributed by atoms with van der Waals surface area (Å²) in [7, 11) is 0. The zero-order chi connectivity index (χ0) is 16.8.